The van der Waals surface area contributed by atoms with E-state index in [9.17, 15) is 9.59 Å². The Kier molecular flexibility index (Phi) is 9.03. The Balaban J connectivity index is 1.50. The number of benzene rings is 2. The Morgan fingerprint density at radius 1 is 0.926 bits per heavy atom. The Morgan fingerprint density at radius 2 is 1.56 bits per heavy atom. The van der Waals surface area contributed by atoms with Gasteiger partial charge in [0.25, 0.3) is 0 Å². The molecule has 0 saturated carbocycles. The van der Waals surface area contributed by atoms with E-state index in [0.29, 0.717) is 13.0 Å². The third-order valence-electron chi connectivity index (χ3n) is 3.95. The maximum absolute atomic E-state index is 11.9. The molecule has 0 saturated heterocycles. The Labute approximate surface area is 159 Å². The van der Waals surface area contributed by atoms with Crippen LogP contribution in [0.15, 0.2) is 60.7 Å². The van der Waals surface area contributed by atoms with Crippen molar-refractivity contribution in [3.8, 4) is 0 Å². The van der Waals surface area contributed by atoms with Crippen molar-refractivity contribution >= 4 is 11.9 Å². The molecule has 0 fully saturated rings. The van der Waals surface area contributed by atoms with Gasteiger partial charge >= 0.3 is 11.9 Å². The first kappa shape index (κ1) is 20.6. The monoisotopic (exact) mass is 370 g/mol. The molecule has 0 aliphatic rings. The molecule has 6 heteroatoms. The molecule has 2 rings (SSSR count). The van der Waals surface area contributed by atoms with Crippen LogP contribution in [0, 0.1) is 0 Å². The number of carbonyl (C=O) groups excluding carboxylic acids is 2. The quantitative estimate of drug-likeness (QED) is 0.359. The maximum atomic E-state index is 11.9. The van der Waals surface area contributed by atoms with Crippen LogP contribution in [0.5, 0.6) is 0 Å². The average Bonchev–Trinajstić information content (AvgIpc) is 2.70. The molecule has 2 aromatic rings. The zero-order chi connectivity index (χ0) is 19.3. The zero-order valence-electron chi connectivity index (χ0n) is 15.3. The molecule has 0 radical (unpaired) electrons. The van der Waals surface area contributed by atoms with Gasteiger partial charge in [-0.1, -0.05) is 60.7 Å². The lowest BCUT2D eigenvalue weighted by molar-refractivity contribution is -0.150. The standard InChI is InChI=1S/C21H26N2O4/c22-19(21(25)26-16-18-11-5-2-6-12-18)13-7-8-14-23-27-20(24)15-17-9-3-1-4-10-17/h1-6,9-12,19,23H,7-8,13-16,22H2. The highest BCUT2D eigenvalue weighted by atomic mass is 16.7. The Morgan fingerprint density at radius 3 is 2.22 bits per heavy atom. The normalized spacial score (nSPS) is 11.6. The lowest BCUT2D eigenvalue weighted by atomic mass is 10.1. The molecule has 6 nitrogen and oxygen atoms in total. The van der Waals surface area contributed by atoms with Crippen LogP contribution >= 0.6 is 0 Å². The van der Waals surface area contributed by atoms with Crippen molar-refractivity contribution in [1.82, 2.24) is 5.48 Å². The van der Waals surface area contributed by atoms with Crippen molar-refractivity contribution in [3.63, 3.8) is 0 Å². The van der Waals surface area contributed by atoms with Crippen LogP contribution in [-0.2, 0) is 32.2 Å². The molecule has 0 aliphatic carbocycles. The molecule has 0 bridgehead atoms. The van der Waals surface area contributed by atoms with Crippen molar-refractivity contribution in [1.29, 1.82) is 0 Å². The highest BCUT2D eigenvalue weighted by molar-refractivity contribution is 5.75. The summed E-state index contributed by atoms with van der Waals surface area (Å²) in [6.45, 7) is 0.735. The molecule has 27 heavy (non-hydrogen) atoms. The van der Waals surface area contributed by atoms with E-state index in [-0.39, 0.29) is 19.0 Å². The molecular weight excluding hydrogens is 344 g/mol. The van der Waals surface area contributed by atoms with Gasteiger partial charge in [-0.2, -0.15) is 5.48 Å². The molecule has 0 spiro atoms. The molecule has 0 amide bonds. The summed E-state index contributed by atoms with van der Waals surface area (Å²) in [4.78, 5) is 28.5. The first-order valence-corrected chi connectivity index (χ1v) is 9.08. The van der Waals surface area contributed by atoms with Gasteiger partial charge in [-0.05, 0) is 30.4 Å². The third-order valence-corrected chi connectivity index (χ3v) is 3.95. The molecule has 3 N–H and O–H groups in total. The number of hydrogen-bond donors (Lipinski definition) is 2. The number of rotatable bonds is 11. The van der Waals surface area contributed by atoms with Crippen molar-refractivity contribution < 1.29 is 19.2 Å². The fourth-order valence-electron chi connectivity index (χ4n) is 2.45. The second-order valence-electron chi connectivity index (χ2n) is 6.23. The highest BCUT2D eigenvalue weighted by Crippen LogP contribution is 2.05. The summed E-state index contributed by atoms with van der Waals surface area (Å²) in [5.74, 6) is -0.733. The number of carbonyl (C=O) groups is 2. The molecule has 0 aromatic heterocycles. The van der Waals surface area contributed by atoms with E-state index in [4.69, 9.17) is 15.3 Å². The van der Waals surface area contributed by atoms with Crippen LogP contribution in [0.4, 0.5) is 0 Å². The minimum absolute atomic E-state index is 0.228. The van der Waals surface area contributed by atoms with Gasteiger partial charge < -0.3 is 15.3 Å². The van der Waals surface area contributed by atoms with Gasteiger partial charge in [-0.25, -0.2) is 0 Å². The number of ether oxygens (including phenoxy) is 1. The van der Waals surface area contributed by atoms with Crippen LogP contribution in [0.1, 0.15) is 30.4 Å². The molecular formula is C21H26N2O4. The van der Waals surface area contributed by atoms with Gasteiger partial charge in [-0.3, -0.25) is 9.59 Å². The van der Waals surface area contributed by atoms with Crippen LogP contribution < -0.4 is 11.2 Å². The van der Waals surface area contributed by atoms with Gasteiger partial charge in [0.1, 0.15) is 12.6 Å². The summed E-state index contributed by atoms with van der Waals surface area (Å²) in [6, 6.07) is 18.2. The first-order valence-electron chi connectivity index (χ1n) is 9.08. The van der Waals surface area contributed by atoms with Gasteiger partial charge in [0.2, 0.25) is 0 Å². The summed E-state index contributed by atoms with van der Waals surface area (Å²) >= 11 is 0. The summed E-state index contributed by atoms with van der Waals surface area (Å²) in [7, 11) is 0. The predicted molar refractivity (Wildman–Crippen MR) is 102 cm³/mol. The first-order chi connectivity index (χ1) is 13.1. The third kappa shape index (κ3) is 8.48. The zero-order valence-corrected chi connectivity index (χ0v) is 15.3. The number of hydrogen-bond acceptors (Lipinski definition) is 6. The summed E-state index contributed by atoms with van der Waals surface area (Å²) < 4.78 is 5.21. The van der Waals surface area contributed by atoms with E-state index in [1.54, 1.807) is 0 Å². The molecule has 1 atom stereocenters. The summed E-state index contributed by atoms with van der Waals surface area (Å²) in [5, 5.41) is 0. The van der Waals surface area contributed by atoms with Crippen molar-refractivity contribution in [2.24, 2.45) is 5.73 Å². The van der Waals surface area contributed by atoms with Gasteiger partial charge in [0.15, 0.2) is 0 Å². The van der Waals surface area contributed by atoms with Crippen LogP contribution in [-0.4, -0.2) is 24.5 Å². The number of nitrogens with one attached hydrogen (secondary N) is 1. The van der Waals surface area contributed by atoms with E-state index >= 15 is 0 Å². The fraction of sp³-hybridized carbons (Fsp3) is 0.333. The maximum Gasteiger partial charge on any atom is 0.329 e. The van der Waals surface area contributed by atoms with Crippen LogP contribution in [0.3, 0.4) is 0 Å². The van der Waals surface area contributed by atoms with Crippen molar-refractivity contribution in [3.05, 3.63) is 71.8 Å². The van der Waals surface area contributed by atoms with Gasteiger partial charge in [-0.15, -0.1) is 0 Å². The highest BCUT2D eigenvalue weighted by Gasteiger charge is 2.14. The van der Waals surface area contributed by atoms with Gasteiger partial charge in [0.05, 0.1) is 6.42 Å². The van der Waals surface area contributed by atoms with Gasteiger partial charge in [0, 0.05) is 6.54 Å². The van der Waals surface area contributed by atoms with Crippen molar-refractivity contribution in [2.75, 3.05) is 6.54 Å². The molecule has 1 unspecified atom stereocenters. The minimum atomic E-state index is -0.644. The average molecular weight is 370 g/mol. The van der Waals surface area contributed by atoms with Crippen LogP contribution in [0.2, 0.25) is 0 Å². The van der Waals surface area contributed by atoms with E-state index in [1.807, 2.05) is 60.7 Å². The summed E-state index contributed by atoms with van der Waals surface area (Å²) in [6.07, 6.45) is 2.21. The van der Waals surface area contributed by atoms with Crippen molar-refractivity contribution in [2.45, 2.75) is 38.3 Å². The van der Waals surface area contributed by atoms with E-state index < -0.39 is 12.0 Å². The number of esters is 1. The van der Waals surface area contributed by atoms with E-state index in [2.05, 4.69) is 5.48 Å². The summed E-state index contributed by atoms with van der Waals surface area (Å²) in [5.41, 5.74) is 10.3. The van der Waals surface area contributed by atoms with E-state index in [1.165, 1.54) is 0 Å². The Bertz CT molecular complexity index is 692. The Hall–Kier alpha value is -2.70. The topological polar surface area (TPSA) is 90.6 Å². The van der Waals surface area contributed by atoms with Crippen LogP contribution in [0.25, 0.3) is 0 Å². The lowest BCUT2D eigenvalue weighted by Gasteiger charge is -2.11. The largest absolute Gasteiger partial charge is 0.460 e. The minimum Gasteiger partial charge on any atom is -0.460 e. The number of hydroxylamine groups is 1. The molecule has 0 aliphatic heterocycles. The molecule has 144 valence electrons. The van der Waals surface area contributed by atoms with E-state index in [0.717, 1.165) is 24.0 Å². The number of nitrogens with two attached hydrogens (primary N) is 1. The fourth-order valence-corrected chi connectivity index (χ4v) is 2.45. The SMILES string of the molecule is NC(CCCCNOC(=O)Cc1ccccc1)C(=O)OCc1ccccc1. The molecule has 2 aromatic carbocycles. The lowest BCUT2D eigenvalue weighted by Crippen LogP contribution is -2.32. The molecule has 0 heterocycles. The second kappa shape index (κ2) is 11.8. The predicted octanol–water partition coefficient (Wildman–Crippen LogP) is 2.52. The number of unbranched alkanes of at least 4 members (excludes halogenated alkanes) is 1. The smallest absolute Gasteiger partial charge is 0.329 e. The second-order valence-corrected chi connectivity index (χ2v) is 6.23.